The third kappa shape index (κ3) is 14.5. The van der Waals surface area contributed by atoms with Crippen LogP contribution in [0.25, 0.3) is 0 Å². The largest absolute Gasteiger partial charge is 0.505 e. The lowest BCUT2D eigenvalue weighted by molar-refractivity contribution is 0.0331. The highest BCUT2D eigenvalue weighted by Crippen LogP contribution is 2.13. The fraction of sp³-hybridized carbons (Fsp3) is 0.833. The molecule has 0 atom stereocenters. The summed E-state index contributed by atoms with van der Waals surface area (Å²) in [6.07, 6.45) is -2.61. The summed E-state index contributed by atoms with van der Waals surface area (Å²) in [6.45, 7) is 6.76. The van der Waals surface area contributed by atoms with Crippen LogP contribution in [0.1, 0.15) is 27.7 Å². The van der Waals surface area contributed by atoms with Crippen LogP contribution in [-0.4, -0.2) is 59.2 Å². The second kappa shape index (κ2) is 9.38. The van der Waals surface area contributed by atoms with Crippen LogP contribution in [0.2, 0.25) is 0 Å². The fourth-order valence-electron chi connectivity index (χ4n) is 0.605. The van der Waals surface area contributed by atoms with Crippen molar-refractivity contribution in [3.05, 3.63) is 0 Å². The van der Waals surface area contributed by atoms with Crippen molar-refractivity contribution in [2.45, 2.75) is 27.7 Å². The summed E-state index contributed by atoms with van der Waals surface area (Å²) in [7, 11) is 0. The number of ether oxygens (including phenoxy) is 2. The summed E-state index contributed by atoms with van der Waals surface area (Å²) in [6, 6.07) is 0. The normalized spacial score (nSPS) is 11.1. The van der Waals surface area contributed by atoms with Crippen LogP contribution in [0.3, 0.4) is 0 Å². The minimum Gasteiger partial charge on any atom is -0.450 e. The quantitative estimate of drug-likeness (QED) is 0.540. The van der Waals surface area contributed by atoms with Gasteiger partial charge in [-0.05, 0) is 0 Å². The SMILES string of the molecule is CC(C)(CO)COC(=O)O.CC(C)(CO)COC(=O)O. The molecule has 0 bridgehead atoms. The second-order valence-electron chi connectivity index (χ2n) is 5.75. The first-order valence-corrected chi connectivity index (χ1v) is 5.89. The van der Waals surface area contributed by atoms with E-state index < -0.39 is 23.1 Å². The molecule has 0 saturated carbocycles. The highest BCUT2D eigenvalue weighted by molar-refractivity contribution is 5.57. The zero-order valence-corrected chi connectivity index (χ0v) is 12.3. The smallest absolute Gasteiger partial charge is 0.450 e. The number of hydrogen-bond donors (Lipinski definition) is 4. The van der Waals surface area contributed by atoms with E-state index in [-0.39, 0.29) is 26.4 Å². The zero-order chi connectivity index (χ0) is 16.4. The minimum atomic E-state index is -1.30. The summed E-state index contributed by atoms with van der Waals surface area (Å²) in [5.74, 6) is 0. The Labute approximate surface area is 117 Å². The molecule has 0 saturated heterocycles. The van der Waals surface area contributed by atoms with Gasteiger partial charge in [0.15, 0.2) is 0 Å². The highest BCUT2D eigenvalue weighted by atomic mass is 16.7. The maximum atomic E-state index is 9.86. The topological polar surface area (TPSA) is 134 Å². The van der Waals surface area contributed by atoms with Crippen molar-refractivity contribution in [2.75, 3.05) is 26.4 Å². The van der Waals surface area contributed by atoms with Crippen molar-refractivity contribution in [1.82, 2.24) is 0 Å². The molecule has 0 rings (SSSR count). The molecular formula is C12H24O8. The average molecular weight is 296 g/mol. The first-order chi connectivity index (χ1) is 8.95. The van der Waals surface area contributed by atoms with Gasteiger partial charge in [0.2, 0.25) is 0 Å². The van der Waals surface area contributed by atoms with Crippen molar-refractivity contribution >= 4 is 12.3 Å². The van der Waals surface area contributed by atoms with Crippen LogP contribution in [0.4, 0.5) is 9.59 Å². The van der Waals surface area contributed by atoms with Gasteiger partial charge in [-0.3, -0.25) is 0 Å². The number of aliphatic hydroxyl groups is 2. The van der Waals surface area contributed by atoms with E-state index in [9.17, 15) is 9.59 Å². The van der Waals surface area contributed by atoms with Gasteiger partial charge in [-0.2, -0.15) is 0 Å². The van der Waals surface area contributed by atoms with Crippen molar-refractivity contribution in [2.24, 2.45) is 10.8 Å². The minimum absolute atomic E-state index is 0.0266. The monoisotopic (exact) mass is 296 g/mol. The Bertz CT molecular complexity index is 268. The van der Waals surface area contributed by atoms with Crippen LogP contribution in [0.15, 0.2) is 0 Å². The molecule has 20 heavy (non-hydrogen) atoms. The predicted molar refractivity (Wildman–Crippen MR) is 69.7 cm³/mol. The molecule has 0 aliphatic rings. The van der Waals surface area contributed by atoms with Crippen LogP contribution >= 0.6 is 0 Å². The van der Waals surface area contributed by atoms with Gasteiger partial charge in [0, 0.05) is 10.8 Å². The van der Waals surface area contributed by atoms with Crippen molar-refractivity contribution in [3.63, 3.8) is 0 Å². The molecule has 0 amide bonds. The van der Waals surface area contributed by atoms with Gasteiger partial charge in [-0.25, -0.2) is 9.59 Å². The second-order valence-corrected chi connectivity index (χ2v) is 5.75. The van der Waals surface area contributed by atoms with Crippen LogP contribution < -0.4 is 0 Å². The number of aliphatic hydroxyl groups excluding tert-OH is 2. The summed E-state index contributed by atoms with van der Waals surface area (Å²) in [5.41, 5.74) is -0.948. The van der Waals surface area contributed by atoms with Crippen molar-refractivity contribution in [3.8, 4) is 0 Å². The summed E-state index contributed by atoms with van der Waals surface area (Å²) in [5, 5.41) is 33.4. The van der Waals surface area contributed by atoms with Gasteiger partial charge in [0.05, 0.1) is 13.2 Å². The molecular weight excluding hydrogens is 272 g/mol. The molecule has 4 N–H and O–H groups in total. The first-order valence-electron chi connectivity index (χ1n) is 5.89. The third-order valence-corrected chi connectivity index (χ3v) is 2.03. The molecule has 0 aromatic heterocycles. The molecule has 0 spiro atoms. The molecule has 0 fully saturated rings. The van der Waals surface area contributed by atoms with E-state index in [1.807, 2.05) is 0 Å². The number of hydrogen-bond acceptors (Lipinski definition) is 6. The molecule has 0 aliphatic heterocycles. The van der Waals surface area contributed by atoms with Crippen molar-refractivity contribution in [1.29, 1.82) is 0 Å². The van der Waals surface area contributed by atoms with Gasteiger partial charge in [-0.15, -0.1) is 0 Å². The number of rotatable bonds is 6. The zero-order valence-electron chi connectivity index (χ0n) is 12.3. The van der Waals surface area contributed by atoms with E-state index in [4.69, 9.17) is 20.4 Å². The summed E-state index contributed by atoms with van der Waals surface area (Å²) >= 11 is 0. The Balaban J connectivity index is 0. The lowest BCUT2D eigenvalue weighted by Crippen LogP contribution is -2.24. The number of carbonyl (C=O) groups is 2. The van der Waals surface area contributed by atoms with Crippen molar-refractivity contribution < 1.29 is 39.5 Å². The van der Waals surface area contributed by atoms with E-state index in [0.717, 1.165) is 0 Å². The van der Waals surface area contributed by atoms with Gasteiger partial charge in [0.1, 0.15) is 13.2 Å². The van der Waals surface area contributed by atoms with E-state index >= 15 is 0 Å². The Morgan fingerprint density at radius 3 is 1.20 bits per heavy atom. The van der Waals surface area contributed by atoms with E-state index in [1.54, 1.807) is 27.7 Å². The van der Waals surface area contributed by atoms with Crippen LogP contribution in [-0.2, 0) is 9.47 Å². The Morgan fingerprint density at radius 2 is 1.05 bits per heavy atom. The average Bonchev–Trinajstić information content (AvgIpc) is 2.35. The maximum absolute atomic E-state index is 9.86. The Hall–Kier alpha value is -1.54. The molecule has 0 unspecified atom stereocenters. The molecule has 120 valence electrons. The van der Waals surface area contributed by atoms with E-state index in [2.05, 4.69) is 9.47 Å². The van der Waals surface area contributed by atoms with Gasteiger partial charge in [0.25, 0.3) is 0 Å². The third-order valence-electron chi connectivity index (χ3n) is 2.03. The maximum Gasteiger partial charge on any atom is 0.505 e. The Morgan fingerprint density at radius 1 is 0.800 bits per heavy atom. The lowest BCUT2D eigenvalue weighted by Gasteiger charge is -2.19. The van der Waals surface area contributed by atoms with E-state index in [1.165, 1.54) is 0 Å². The van der Waals surface area contributed by atoms with Gasteiger partial charge < -0.3 is 29.9 Å². The van der Waals surface area contributed by atoms with Gasteiger partial charge in [-0.1, -0.05) is 27.7 Å². The Kier molecular flexibility index (Phi) is 9.74. The highest BCUT2D eigenvalue weighted by Gasteiger charge is 2.19. The van der Waals surface area contributed by atoms with Gasteiger partial charge >= 0.3 is 12.3 Å². The van der Waals surface area contributed by atoms with Crippen LogP contribution in [0.5, 0.6) is 0 Å². The first kappa shape index (κ1) is 20.8. The molecule has 8 heteroatoms. The predicted octanol–water partition coefficient (Wildman–Crippen LogP) is 1.40. The fourth-order valence-corrected chi connectivity index (χ4v) is 0.605. The molecule has 0 aromatic rings. The standard InChI is InChI=1S/2C6H12O4/c2*1-6(2,3-7)4-10-5(8)9/h2*7H,3-4H2,1-2H3,(H,8,9). The molecule has 8 nitrogen and oxygen atoms in total. The van der Waals surface area contributed by atoms with E-state index in [0.29, 0.717) is 0 Å². The summed E-state index contributed by atoms with van der Waals surface area (Å²) < 4.78 is 8.51. The lowest BCUT2D eigenvalue weighted by atomic mass is 9.97. The molecule has 0 aliphatic carbocycles. The number of carboxylic acid groups (broad SMARTS) is 2. The summed E-state index contributed by atoms with van der Waals surface area (Å²) in [4.78, 5) is 19.7. The molecule has 0 aromatic carbocycles. The molecule has 0 heterocycles. The molecule has 0 radical (unpaired) electrons. The van der Waals surface area contributed by atoms with Crippen LogP contribution in [0, 0.1) is 10.8 Å².